The lowest BCUT2D eigenvalue weighted by Crippen LogP contribution is -2.37. The Balaban J connectivity index is 3.89. The van der Waals surface area contributed by atoms with Crippen molar-refractivity contribution in [3.8, 4) is 0 Å². The van der Waals surface area contributed by atoms with E-state index >= 15 is 0 Å². The Morgan fingerprint density at radius 3 is 0.816 bits per heavy atom. The highest BCUT2D eigenvalue weighted by molar-refractivity contribution is 7.45. The summed E-state index contributed by atoms with van der Waals surface area (Å²) >= 11 is 0. The maximum absolute atomic E-state index is 12.9. The molecule has 98 heavy (non-hydrogen) atoms. The van der Waals surface area contributed by atoms with E-state index in [1.54, 1.807) is 0 Å². The molecule has 0 amide bonds. The summed E-state index contributed by atoms with van der Waals surface area (Å²) in [6.45, 7) is 4.07. The van der Waals surface area contributed by atoms with E-state index in [-0.39, 0.29) is 32.0 Å². The van der Waals surface area contributed by atoms with Crippen LogP contribution < -0.4 is 4.89 Å². The zero-order valence-corrected chi connectivity index (χ0v) is 65.9. The largest absolute Gasteiger partial charge is 0.756 e. The van der Waals surface area contributed by atoms with E-state index in [4.69, 9.17) is 18.5 Å². The number of nitrogens with zero attached hydrogens (tertiary/aromatic N) is 1. The molecular weight excluding hydrogens is 1230 g/mol. The number of hydrogen-bond donors (Lipinski definition) is 0. The summed E-state index contributed by atoms with van der Waals surface area (Å²) < 4.78 is 34.5. The Kier molecular flexibility index (Phi) is 75.2. The molecule has 0 radical (unpaired) electrons. The average Bonchev–Trinajstić information content (AvgIpc) is 1.08. The van der Waals surface area contributed by atoms with Crippen LogP contribution in [-0.2, 0) is 32.7 Å². The van der Waals surface area contributed by atoms with Crippen LogP contribution in [0.4, 0.5) is 0 Å². The summed E-state index contributed by atoms with van der Waals surface area (Å²) in [7, 11) is 1.18. The third-order valence-corrected chi connectivity index (χ3v) is 19.3. The monoisotopic (exact) mass is 1390 g/mol. The molecule has 2 unspecified atom stereocenters. The van der Waals surface area contributed by atoms with E-state index in [0.717, 1.165) is 89.9 Å². The van der Waals surface area contributed by atoms with Gasteiger partial charge in [-0.1, -0.05) is 386 Å². The smallest absolute Gasteiger partial charge is 0.306 e. The van der Waals surface area contributed by atoms with Crippen LogP contribution in [0, 0.1) is 0 Å². The van der Waals surface area contributed by atoms with Gasteiger partial charge in [0.1, 0.15) is 19.8 Å². The van der Waals surface area contributed by atoms with Gasteiger partial charge in [-0.15, -0.1) is 0 Å². The van der Waals surface area contributed by atoms with Gasteiger partial charge in [0.25, 0.3) is 7.82 Å². The number of likely N-dealkylation sites (N-methyl/N-ethyl adjacent to an activating group) is 1. The van der Waals surface area contributed by atoms with Gasteiger partial charge in [-0.25, -0.2) is 0 Å². The number of quaternary nitrogens is 1. The minimum atomic E-state index is -4.65. The van der Waals surface area contributed by atoms with E-state index in [2.05, 4.69) is 123 Å². The van der Waals surface area contributed by atoms with Crippen molar-refractivity contribution in [1.82, 2.24) is 0 Å². The number of rotatable bonds is 77. The topological polar surface area (TPSA) is 111 Å². The summed E-state index contributed by atoms with van der Waals surface area (Å²) in [4.78, 5) is 38.2. The van der Waals surface area contributed by atoms with Gasteiger partial charge in [-0.2, -0.15) is 0 Å². The maximum atomic E-state index is 12.9. The molecule has 0 bridgehead atoms. The van der Waals surface area contributed by atoms with Crippen molar-refractivity contribution >= 4 is 19.8 Å². The van der Waals surface area contributed by atoms with Crippen LogP contribution in [0.3, 0.4) is 0 Å². The quantitative estimate of drug-likeness (QED) is 0.0195. The van der Waals surface area contributed by atoms with Crippen LogP contribution >= 0.6 is 7.82 Å². The van der Waals surface area contributed by atoms with Crippen LogP contribution in [0.25, 0.3) is 0 Å². The first kappa shape index (κ1) is 94.7. The summed E-state index contributed by atoms with van der Waals surface area (Å²) in [6.07, 6.45) is 111. The van der Waals surface area contributed by atoms with Crippen molar-refractivity contribution in [1.29, 1.82) is 0 Å². The van der Waals surface area contributed by atoms with Crippen molar-refractivity contribution in [2.24, 2.45) is 0 Å². The van der Waals surface area contributed by atoms with Gasteiger partial charge in [-0.3, -0.25) is 14.2 Å². The number of hydrogen-bond acceptors (Lipinski definition) is 8. The summed E-state index contributed by atoms with van der Waals surface area (Å²) in [5.41, 5.74) is 0. The first-order valence-electron chi connectivity index (χ1n) is 41.6. The first-order valence-corrected chi connectivity index (χ1v) is 43.1. The Morgan fingerprint density at radius 2 is 0.551 bits per heavy atom. The van der Waals surface area contributed by atoms with E-state index in [0.29, 0.717) is 17.4 Å². The molecular formula is C88H158NO8P. The zero-order valence-electron chi connectivity index (χ0n) is 65.0. The molecule has 10 heteroatoms. The van der Waals surface area contributed by atoms with E-state index in [9.17, 15) is 19.0 Å². The molecule has 0 N–H and O–H groups in total. The fraction of sp³-hybridized carbons (Fsp3) is 0.773. The molecule has 0 aliphatic rings. The van der Waals surface area contributed by atoms with Crippen LogP contribution in [0.1, 0.15) is 386 Å². The molecule has 0 aliphatic heterocycles. The van der Waals surface area contributed by atoms with Gasteiger partial charge in [-0.05, 0) is 96.3 Å². The second-order valence-corrected chi connectivity index (χ2v) is 30.5. The fourth-order valence-electron chi connectivity index (χ4n) is 12.0. The van der Waals surface area contributed by atoms with Gasteiger partial charge in [0.15, 0.2) is 6.10 Å². The van der Waals surface area contributed by atoms with Gasteiger partial charge in [0.2, 0.25) is 0 Å². The molecule has 0 saturated carbocycles. The van der Waals surface area contributed by atoms with Crippen molar-refractivity contribution in [3.05, 3.63) is 109 Å². The minimum absolute atomic E-state index is 0.0304. The lowest BCUT2D eigenvalue weighted by molar-refractivity contribution is -0.870. The highest BCUT2D eigenvalue weighted by atomic mass is 31.2. The highest BCUT2D eigenvalue weighted by Crippen LogP contribution is 2.38. The number of phosphoric ester groups is 1. The van der Waals surface area contributed by atoms with Gasteiger partial charge >= 0.3 is 11.9 Å². The molecule has 0 aromatic carbocycles. The van der Waals surface area contributed by atoms with Crippen molar-refractivity contribution in [2.75, 3.05) is 47.5 Å². The summed E-state index contributed by atoms with van der Waals surface area (Å²) in [5.74, 6) is -0.814. The normalized spacial score (nSPS) is 13.6. The molecule has 0 rings (SSSR count). The number of carbonyl (C=O) groups is 2. The van der Waals surface area contributed by atoms with E-state index in [1.165, 1.54) is 263 Å². The van der Waals surface area contributed by atoms with Crippen LogP contribution in [0.15, 0.2) is 109 Å². The molecule has 0 saturated heterocycles. The number of unbranched alkanes of at least 4 members (excludes halogenated alkanes) is 45. The van der Waals surface area contributed by atoms with E-state index < -0.39 is 26.5 Å². The van der Waals surface area contributed by atoms with Crippen LogP contribution in [0.2, 0.25) is 0 Å². The summed E-state index contributed by atoms with van der Waals surface area (Å²) in [6, 6.07) is 0. The van der Waals surface area contributed by atoms with Crippen LogP contribution in [0.5, 0.6) is 0 Å². The summed E-state index contributed by atoms with van der Waals surface area (Å²) in [5, 5.41) is 0. The number of allylic oxidation sites excluding steroid dienone is 18. The molecule has 0 aliphatic carbocycles. The lowest BCUT2D eigenvalue weighted by Gasteiger charge is -2.28. The molecule has 568 valence electrons. The second-order valence-electron chi connectivity index (χ2n) is 29.1. The molecule has 0 heterocycles. The number of phosphoric acid groups is 1. The predicted molar refractivity (Wildman–Crippen MR) is 425 cm³/mol. The van der Waals surface area contributed by atoms with E-state index in [1.807, 2.05) is 21.1 Å². The molecule has 0 aromatic heterocycles. The Labute approximate surface area is 607 Å². The van der Waals surface area contributed by atoms with Crippen LogP contribution in [-0.4, -0.2) is 70.0 Å². The number of ether oxygens (including phenoxy) is 2. The van der Waals surface area contributed by atoms with Crippen molar-refractivity contribution in [3.63, 3.8) is 0 Å². The third kappa shape index (κ3) is 81.6. The highest BCUT2D eigenvalue weighted by Gasteiger charge is 2.22. The Hall–Kier alpha value is -3.33. The van der Waals surface area contributed by atoms with Gasteiger partial charge < -0.3 is 27.9 Å². The predicted octanol–water partition coefficient (Wildman–Crippen LogP) is 27.3. The second kappa shape index (κ2) is 77.8. The number of esters is 2. The molecule has 0 fully saturated rings. The molecule has 9 nitrogen and oxygen atoms in total. The number of carbonyl (C=O) groups excluding carboxylic acids is 2. The SMILES string of the molecule is CC/C=C\C/C=C\C/C=C\C/C=C\C/C=C\CCCCCCCCCCCCCCCCCCCCCCCCCCCC(=O)OC(COC(=O)CCCCCCCCCCCCCCCCCCCCCC/C=C\C/C=C\C/C=C\C/C=C\CC)COP(=O)([O-])OCC[N+](C)(C)C. The van der Waals surface area contributed by atoms with Gasteiger partial charge in [0.05, 0.1) is 27.7 Å². The van der Waals surface area contributed by atoms with Crippen molar-refractivity contribution < 1.29 is 42.1 Å². The minimum Gasteiger partial charge on any atom is -0.756 e. The zero-order chi connectivity index (χ0) is 71.1. The standard InChI is InChI=1S/C88H158NO8P/c1-6-8-10-12-14-16-18-20-22-24-26-28-30-32-34-36-38-40-41-42-43-44-45-46-47-49-51-53-55-57-59-61-63-65-67-69-71-73-75-77-79-81-88(91)97-86(85-96-98(92,93)95-83-82-89(3,4)5)84-94-87(90)80-78-76-74-72-70-68-66-64-62-60-58-56-54-52-50-48-39-37-35-33-31-29-27-25-23-21-19-17-15-13-11-9-7-2/h8-11,14-17,20-23,26-29,32,34,86H,6-7,12-13,18-19,24-25,30-31,33,35-85H2,1-5H3/b10-8-,11-9-,16-14-,17-15-,22-20-,23-21-,28-26-,29-27-,34-32-. The Bertz CT molecular complexity index is 2030. The fourth-order valence-corrected chi connectivity index (χ4v) is 12.8. The van der Waals surface area contributed by atoms with Crippen molar-refractivity contribution in [2.45, 2.75) is 392 Å². The van der Waals surface area contributed by atoms with Gasteiger partial charge in [0, 0.05) is 12.8 Å². The molecule has 0 aromatic rings. The average molecular weight is 1390 g/mol. The molecule has 0 spiro atoms. The lowest BCUT2D eigenvalue weighted by atomic mass is 10.0. The Morgan fingerprint density at radius 1 is 0.316 bits per heavy atom. The maximum Gasteiger partial charge on any atom is 0.306 e. The third-order valence-electron chi connectivity index (χ3n) is 18.3. The first-order chi connectivity index (χ1) is 48.0. The molecule has 2 atom stereocenters.